The molecule has 0 aliphatic heterocycles. The van der Waals surface area contributed by atoms with Crippen molar-refractivity contribution in [3.63, 3.8) is 0 Å². The fourth-order valence-electron chi connectivity index (χ4n) is 3.28. The molecule has 174 valence electrons. The Morgan fingerprint density at radius 2 is 1.65 bits per heavy atom. The van der Waals surface area contributed by atoms with Gasteiger partial charge >= 0.3 is 0 Å². The van der Waals surface area contributed by atoms with E-state index in [2.05, 4.69) is 20.0 Å². The molecule has 8 nitrogen and oxygen atoms in total. The lowest BCUT2D eigenvalue weighted by atomic mass is 10.1. The molecule has 0 bridgehead atoms. The molecule has 0 aliphatic rings. The van der Waals surface area contributed by atoms with E-state index in [1.54, 1.807) is 48.5 Å². The smallest absolute Gasteiger partial charge is 0.265 e. The Morgan fingerprint density at radius 1 is 0.941 bits per heavy atom. The number of methoxy groups -OCH3 is 1. The molecule has 0 spiro atoms. The maximum absolute atomic E-state index is 13.1. The highest BCUT2D eigenvalue weighted by Crippen LogP contribution is 2.31. The van der Waals surface area contributed by atoms with Gasteiger partial charge in [0, 0.05) is 11.3 Å². The Kier molecular flexibility index (Phi) is 6.41. The van der Waals surface area contributed by atoms with Crippen molar-refractivity contribution in [1.29, 1.82) is 0 Å². The van der Waals surface area contributed by atoms with Gasteiger partial charge in [0.25, 0.3) is 15.9 Å². The second kappa shape index (κ2) is 9.28. The van der Waals surface area contributed by atoms with Gasteiger partial charge in [0.05, 0.1) is 40.2 Å². The van der Waals surface area contributed by atoms with Crippen molar-refractivity contribution in [2.24, 2.45) is 0 Å². The molecule has 4 aromatic rings. The Bertz CT molecular complexity index is 1520. The van der Waals surface area contributed by atoms with Crippen LogP contribution in [-0.4, -0.2) is 31.4 Å². The number of carbonyl (C=O) groups excluding carboxylic acids is 1. The van der Waals surface area contributed by atoms with Gasteiger partial charge in [0.15, 0.2) is 0 Å². The monoisotopic (exact) mass is 496 g/mol. The third kappa shape index (κ3) is 4.80. The van der Waals surface area contributed by atoms with Gasteiger partial charge in [-0.05, 0) is 62.4 Å². The van der Waals surface area contributed by atoms with Crippen LogP contribution in [-0.2, 0) is 10.0 Å². The van der Waals surface area contributed by atoms with Gasteiger partial charge in [-0.3, -0.25) is 9.52 Å². The summed E-state index contributed by atoms with van der Waals surface area (Å²) in [5.41, 5.74) is 3.74. The molecule has 4 rings (SSSR count). The zero-order valence-corrected chi connectivity index (χ0v) is 20.2. The SMILES string of the molecule is COc1ccc(NC(=O)c2ccc3nc(C)c(C)nc3c2)cc1S(=O)(=O)Nc1ccccc1Cl. The van der Waals surface area contributed by atoms with E-state index in [1.807, 2.05) is 13.8 Å². The van der Waals surface area contributed by atoms with Gasteiger partial charge in [-0.15, -0.1) is 0 Å². The first kappa shape index (κ1) is 23.5. The third-order valence-corrected chi connectivity index (χ3v) is 6.88. The van der Waals surface area contributed by atoms with E-state index >= 15 is 0 Å². The zero-order valence-electron chi connectivity index (χ0n) is 18.6. The van der Waals surface area contributed by atoms with E-state index in [9.17, 15) is 13.2 Å². The number of halogens is 1. The molecule has 34 heavy (non-hydrogen) atoms. The van der Waals surface area contributed by atoms with E-state index < -0.39 is 15.9 Å². The van der Waals surface area contributed by atoms with Crippen molar-refractivity contribution >= 4 is 49.9 Å². The maximum Gasteiger partial charge on any atom is 0.265 e. The topological polar surface area (TPSA) is 110 Å². The number of nitrogens with one attached hydrogen (secondary N) is 2. The molecule has 0 fully saturated rings. The van der Waals surface area contributed by atoms with Crippen LogP contribution < -0.4 is 14.8 Å². The third-order valence-electron chi connectivity index (χ3n) is 5.17. The van der Waals surface area contributed by atoms with E-state index in [0.29, 0.717) is 16.6 Å². The number of aryl methyl sites for hydroxylation is 2. The number of amides is 1. The molecule has 1 amide bonds. The Hall–Kier alpha value is -3.69. The molecule has 0 unspecified atom stereocenters. The average molecular weight is 497 g/mol. The summed E-state index contributed by atoms with van der Waals surface area (Å²) >= 11 is 6.09. The predicted octanol–water partition coefficient (Wildman–Crippen LogP) is 4.96. The number of sulfonamides is 1. The van der Waals surface area contributed by atoms with Gasteiger partial charge in [-0.1, -0.05) is 23.7 Å². The molecule has 0 radical (unpaired) electrons. The summed E-state index contributed by atoms with van der Waals surface area (Å²) in [6.45, 7) is 3.73. The molecule has 1 heterocycles. The number of nitrogens with zero attached hydrogens (tertiary/aromatic N) is 2. The molecular weight excluding hydrogens is 476 g/mol. The highest BCUT2D eigenvalue weighted by molar-refractivity contribution is 7.92. The van der Waals surface area contributed by atoms with Gasteiger partial charge in [0.2, 0.25) is 0 Å². The summed E-state index contributed by atoms with van der Waals surface area (Å²) in [6.07, 6.45) is 0. The Balaban J connectivity index is 1.64. The summed E-state index contributed by atoms with van der Waals surface area (Å²) in [6, 6.07) is 15.8. The van der Waals surface area contributed by atoms with E-state index in [4.69, 9.17) is 16.3 Å². The zero-order chi connectivity index (χ0) is 24.5. The highest BCUT2D eigenvalue weighted by Gasteiger charge is 2.22. The molecule has 0 aliphatic carbocycles. The number of aromatic nitrogens is 2. The molecular formula is C24H21ClN4O4S. The van der Waals surface area contributed by atoms with Crippen LogP contribution in [0.3, 0.4) is 0 Å². The minimum atomic E-state index is -4.07. The highest BCUT2D eigenvalue weighted by atomic mass is 35.5. The van der Waals surface area contributed by atoms with Crippen LogP contribution in [0.2, 0.25) is 5.02 Å². The summed E-state index contributed by atoms with van der Waals surface area (Å²) in [7, 11) is -2.71. The molecule has 0 saturated heterocycles. The number of anilines is 2. The molecule has 0 saturated carbocycles. The normalized spacial score (nSPS) is 11.3. The van der Waals surface area contributed by atoms with Crippen molar-refractivity contribution in [3.8, 4) is 5.75 Å². The van der Waals surface area contributed by atoms with Crippen molar-refractivity contribution in [2.75, 3.05) is 17.1 Å². The predicted molar refractivity (Wildman–Crippen MR) is 132 cm³/mol. The lowest BCUT2D eigenvalue weighted by Gasteiger charge is -2.14. The molecule has 3 aromatic carbocycles. The van der Waals surface area contributed by atoms with E-state index in [-0.39, 0.29) is 27.0 Å². The summed E-state index contributed by atoms with van der Waals surface area (Å²) in [5.74, 6) is -0.307. The number of benzene rings is 3. The first-order valence-electron chi connectivity index (χ1n) is 10.2. The number of para-hydroxylation sites is 1. The second-order valence-corrected chi connectivity index (χ2v) is 9.56. The van der Waals surface area contributed by atoms with Crippen LogP contribution >= 0.6 is 11.6 Å². The molecule has 2 N–H and O–H groups in total. The first-order chi connectivity index (χ1) is 16.2. The van der Waals surface area contributed by atoms with Crippen molar-refractivity contribution in [1.82, 2.24) is 9.97 Å². The number of hydrogen-bond donors (Lipinski definition) is 2. The number of ether oxygens (including phenoxy) is 1. The number of rotatable bonds is 6. The van der Waals surface area contributed by atoms with Crippen molar-refractivity contribution < 1.29 is 17.9 Å². The second-order valence-electron chi connectivity index (χ2n) is 7.50. The Morgan fingerprint density at radius 3 is 2.35 bits per heavy atom. The minimum Gasteiger partial charge on any atom is -0.495 e. The first-order valence-corrected chi connectivity index (χ1v) is 12.1. The van der Waals surface area contributed by atoms with Crippen LogP contribution in [0.4, 0.5) is 11.4 Å². The van der Waals surface area contributed by atoms with Crippen LogP contribution in [0.15, 0.2) is 65.6 Å². The lowest BCUT2D eigenvalue weighted by molar-refractivity contribution is 0.102. The average Bonchev–Trinajstić information content (AvgIpc) is 2.81. The number of fused-ring (bicyclic) bond motifs is 1. The van der Waals surface area contributed by atoms with Gasteiger partial charge in [0.1, 0.15) is 10.6 Å². The largest absolute Gasteiger partial charge is 0.495 e. The van der Waals surface area contributed by atoms with Crippen LogP contribution in [0, 0.1) is 13.8 Å². The van der Waals surface area contributed by atoms with E-state index in [1.165, 1.54) is 19.2 Å². The maximum atomic E-state index is 13.1. The van der Waals surface area contributed by atoms with Gasteiger partial charge in [-0.25, -0.2) is 18.4 Å². The Labute approximate surface area is 202 Å². The minimum absolute atomic E-state index is 0.115. The van der Waals surface area contributed by atoms with Crippen LogP contribution in [0.5, 0.6) is 5.75 Å². The van der Waals surface area contributed by atoms with Crippen LogP contribution in [0.1, 0.15) is 21.7 Å². The molecule has 0 atom stereocenters. The van der Waals surface area contributed by atoms with Crippen molar-refractivity contribution in [3.05, 3.63) is 82.6 Å². The fraction of sp³-hybridized carbons (Fsp3) is 0.125. The number of carbonyl (C=O) groups is 1. The fourth-order valence-corrected chi connectivity index (χ4v) is 4.80. The molecule has 10 heteroatoms. The summed E-state index contributed by atoms with van der Waals surface area (Å²) in [5, 5.41) is 2.98. The number of hydrogen-bond acceptors (Lipinski definition) is 6. The van der Waals surface area contributed by atoms with Crippen molar-refractivity contribution in [2.45, 2.75) is 18.7 Å². The molecule has 1 aromatic heterocycles. The lowest BCUT2D eigenvalue weighted by Crippen LogP contribution is -2.16. The summed E-state index contributed by atoms with van der Waals surface area (Å²) in [4.78, 5) is 21.7. The van der Waals surface area contributed by atoms with E-state index in [0.717, 1.165) is 11.4 Å². The van der Waals surface area contributed by atoms with Gasteiger partial charge < -0.3 is 10.1 Å². The summed E-state index contributed by atoms with van der Waals surface area (Å²) < 4.78 is 33.8. The van der Waals surface area contributed by atoms with Crippen LogP contribution in [0.25, 0.3) is 11.0 Å². The van der Waals surface area contributed by atoms with Gasteiger partial charge in [-0.2, -0.15) is 0 Å². The quantitative estimate of drug-likeness (QED) is 0.390. The standard InChI is InChI=1S/C24H21ClN4O4S/c1-14-15(2)27-21-12-16(8-10-20(21)26-14)24(30)28-17-9-11-22(33-3)23(13-17)34(31,32)29-19-7-5-4-6-18(19)25/h4-13,29H,1-3H3,(H,28,30).